The molecule has 1 aliphatic rings. The Balaban J connectivity index is 0.00000144. The molecule has 1 saturated heterocycles. The molecule has 1 N–H and O–H groups in total. The molecule has 1 amide bonds. The van der Waals surface area contributed by atoms with E-state index in [0.717, 1.165) is 37.1 Å². The van der Waals surface area contributed by atoms with Gasteiger partial charge in [-0.25, -0.2) is 0 Å². The summed E-state index contributed by atoms with van der Waals surface area (Å²) in [5.41, 5.74) is 1.96. The molecule has 0 bridgehead atoms. The van der Waals surface area contributed by atoms with E-state index in [-0.39, 0.29) is 18.3 Å². The van der Waals surface area contributed by atoms with Gasteiger partial charge in [0.1, 0.15) is 0 Å². The first-order chi connectivity index (χ1) is 7.70. The Morgan fingerprint density at radius 3 is 2.59 bits per heavy atom. The number of amides is 1. The van der Waals surface area contributed by atoms with E-state index in [1.807, 2.05) is 29.6 Å². The summed E-state index contributed by atoms with van der Waals surface area (Å²) >= 11 is 1.60. The zero-order valence-corrected chi connectivity index (χ0v) is 11.9. The van der Waals surface area contributed by atoms with Crippen LogP contribution >= 0.6 is 23.7 Å². The Morgan fingerprint density at radius 1 is 1.41 bits per heavy atom. The second kappa shape index (κ2) is 6.38. The van der Waals surface area contributed by atoms with Gasteiger partial charge >= 0.3 is 0 Å². The van der Waals surface area contributed by atoms with Crippen LogP contribution in [0.3, 0.4) is 0 Å². The summed E-state index contributed by atoms with van der Waals surface area (Å²) in [6, 6.07) is 0.396. The molecule has 1 aromatic heterocycles. The van der Waals surface area contributed by atoms with Gasteiger partial charge in [-0.05, 0) is 43.8 Å². The highest BCUT2D eigenvalue weighted by atomic mass is 35.5. The van der Waals surface area contributed by atoms with Crippen molar-refractivity contribution >= 4 is 29.7 Å². The zero-order valence-electron chi connectivity index (χ0n) is 10.2. The summed E-state index contributed by atoms with van der Waals surface area (Å²) in [6.07, 6.45) is 2.12. The predicted molar refractivity (Wildman–Crippen MR) is 74.3 cm³/mol. The SMILES string of the molecule is Cc1cscc1C(=O)N(C)C1CCNCC1.Cl. The van der Waals surface area contributed by atoms with Crippen molar-refractivity contribution in [2.75, 3.05) is 20.1 Å². The molecule has 0 aromatic carbocycles. The number of aryl methyl sites for hydroxylation is 1. The van der Waals surface area contributed by atoms with Crippen molar-refractivity contribution in [2.24, 2.45) is 0 Å². The minimum Gasteiger partial charge on any atom is -0.339 e. The molecule has 17 heavy (non-hydrogen) atoms. The van der Waals surface area contributed by atoms with E-state index in [4.69, 9.17) is 0 Å². The molecule has 1 fully saturated rings. The second-order valence-electron chi connectivity index (χ2n) is 4.37. The molecule has 0 unspecified atom stereocenters. The Kier molecular flexibility index (Phi) is 5.43. The van der Waals surface area contributed by atoms with Crippen molar-refractivity contribution in [1.82, 2.24) is 10.2 Å². The van der Waals surface area contributed by atoms with Gasteiger partial charge in [0.05, 0.1) is 5.56 Å². The van der Waals surface area contributed by atoms with Crippen LogP contribution < -0.4 is 5.32 Å². The third-order valence-corrected chi connectivity index (χ3v) is 4.12. The molecule has 1 aromatic rings. The summed E-state index contributed by atoms with van der Waals surface area (Å²) in [5, 5.41) is 7.30. The van der Waals surface area contributed by atoms with Gasteiger partial charge in [0.15, 0.2) is 0 Å². The van der Waals surface area contributed by atoms with Crippen LogP contribution in [0.1, 0.15) is 28.8 Å². The van der Waals surface area contributed by atoms with Crippen LogP contribution in [0.2, 0.25) is 0 Å². The molecule has 2 rings (SSSR count). The van der Waals surface area contributed by atoms with Crippen LogP contribution in [0, 0.1) is 6.92 Å². The van der Waals surface area contributed by atoms with Crippen molar-refractivity contribution in [3.8, 4) is 0 Å². The number of hydrogen-bond acceptors (Lipinski definition) is 3. The number of halogens is 1. The van der Waals surface area contributed by atoms with Crippen LogP contribution in [0.25, 0.3) is 0 Å². The molecule has 96 valence electrons. The van der Waals surface area contributed by atoms with Crippen molar-refractivity contribution in [3.05, 3.63) is 21.9 Å². The topological polar surface area (TPSA) is 32.3 Å². The lowest BCUT2D eigenvalue weighted by molar-refractivity contribution is 0.0703. The van der Waals surface area contributed by atoms with Crippen LogP contribution in [-0.4, -0.2) is 37.0 Å². The van der Waals surface area contributed by atoms with Gasteiger partial charge in [-0.15, -0.1) is 12.4 Å². The van der Waals surface area contributed by atoms with Crippen LogP contribution in [0.15, 0.2) is 10.8 Å². The Labute approximate surface area is 113 Å². The number of thiophene rings is 1. The molecule has 3 nitrogen and oxygen atoms in total. The fraction of sp³-hybridized carbons (Fsp3) is 0.583. The molecular weight excluding hydrogens is 256 g/mol. The largest absolute Gasteiger partial charge is 0.339 e. The van der Waals surface area contributed by atoms with E-state index in [2.05, 4.69) is 5.32 Å². The van der Waals surface area contributed by atoms with Gasteiger partial charge in [0.25, 0.3) is 5.91 Å². The van der Waals surface area contributed by atoms with Crippen molar-refractivity contribution < 1.29 is 4.79 Å². The van der Waals surface area contributed by atoms with E-state index >= 15 is 0 Å². The van der Waals surface area contributed by atoms with Gasteiger partial charge in [-0.2, -0.15) is 11.3 Å². The number of nitrogens with zero attached hydrogens (tertiary/aromatic N) is 1. The van der Waals surface area contributed by atoms with E-state index in [9.17, 15) is 4.79 Å². The standard InChI is InChI=1S/C12H18N2OS.ClH/c1-9-7-16-8-11(9)12(15)14(2)10-3-5-13-6-4-10;/h7-8,10,13H,3-6H2,1-2H3;1H. The van der Waals surface area contributed by atoms with Crippen molar-refractivity contribution in [3.63, 3.8) is 0 Å². The quantitative estimate of drug-likeness (QED) is 0.898. The molecule has 1 aliphatic heterocycles. The monoisotopic (exact) mass is 274 g/mol. The molecule has 2 heterocycles. The summed E-state index contributed by atoms with van der Waals surface area (Å²) < 4.78 is 0. The fourth-order valence-electron chi connectivity index (χ4n) is 2.13. The molecule has 0 radical (unpaired) electrons. The lowest BCUT2D eigenvalue weighted by Gasteiger charge is -2.31. The highest BCUT2D eigenvalue weighted by molar-refractivity contribution is 7.08. The molecule has 5 heteroatoms. The lowest BCUT2D eigenvalue weighted by atomic mass is 10.0. The van der Waals surface area contributed by atoms with E-state index in [0.29, 0.717) is 6.04 Å². The van der Waals surface area contributed by atoms with Crippen LogP contribution in [0.4, 0.5) is 0 Å². The van der Waals surface area contributed by atoms with Crippen molar-refractivity contribution in [1.29, 1.82) is 0 Å². The minimum absolute atomic E-state index is 0. The van der Waals surface area contributed by atoms with Gasteiger partial charge in [-0.3, -0.25) is 4.79 Å². The van der Waals surface area contributed by atoms with E-state index < -0.39 is 0 Å². The predicted octanol–water partition coefficient (Wildman–Crippen LogP) is 2.30. The highest BCUT2D eigenvalue weighted by Gasteiger charge is 2.23. The van der Waals surface area contributed by atoms with Crippen LogP contribution in [0.5, 0.6) is 0 Å². The molecule has 0 saturated carbocycles. The smallest absolute Gasteiger partial charge is 0.254 e. The summed E-state index contributed by atoms with van der Waals surface area (Å²) in [5.74, 6) is 0.172. The van der Waals surface area contributed by atoms with Gasteiger partial charge in [0, 0.05) is 18.5 Å². The average molecular weight is 275 g/mol. The minimum atomic E-state index is 0. The number of carbonyl (C=O) groups excluding carboxylic acids is 1. The molecule has 0 atom stereocenters. The first kappa shape index (κ1) is 14.5. The lowest BCUT2D eigenvalue weighted by Crippen LogP contribution is -2.44. The number of carbonyl (C=O) groups is 1. The third kappa shape index (κ3) is 3.21. The first-order valence-corrected chi connectivity index (χ1v) is 6.65. The van der Waals surface area contributed by atoms with E-state index in [1.54, 1.807) is 11.3 Å². The number of piperidine rings is 1. The van der Waals surface area contributed by atoms with Gasteiger partial charge in [-0.1, -0.05) is 0 Å². The maximum absolute atomic E-state index is 12.2. The Bertz CT molecular complexity index is 374. The average Bonchev–Trinajstić information content (AvgIpc) is 2.75. The zero-order chi connectivity index (χ0) is 11.5. The maximum Gasteiger partial charge on any atom is 0.254 e. The Hall–Kier alpha value is -0.580. The number of rotatable bonds is 2. The molecular formula is C12H19ClN2OS. The number of nitrogens with one attached hydrogen (secondary N) is 1. The molecule has 0 aliphatic carbocycles. The molecule has 0 spiro atoms. The van der Waals surface area contributed by atoms with E-state index in [1.165, 1.54) is 0 Å². The summed E-state index contributed by atoms with van der Waals surface area (Å²) in [7, 11) is 1.93. The van der Waals surface area contributed by atoms with Gasteiger partial charge < -0.3 is 10.2 Å². The second-order valence-corrected chi connectivity index (χ2v) is 5.11. The van der Waals surface area contributed by atoms with Gasteiger partial charge in [0.2, 0.25) is 0 Å². The maximum atomic E-state index is 12.2. The first-order valence-electron chi connectivity index (χ1n) is 5.71. The fourth-order valence-corrected chi connectivity index (χ4v) is 2.95. The third-order valence-electron chi connectivity index (χ3n) is 3.26. The Morgan fingerprint density at radius 2 is 2.06 bits per heavy atom. The van der Waals surface area contributed by atoms with Crippen molar-refractivity contribution in [2.45, 2.75) is 25.8 Å². The normalized spacial score (nSPS) is 16.4. The summed E-state index contributed by atoms with van der Waals surface area (Å²) in [6.45, 7) is 4.04. The highest BCUT2D eigenvalue weighted by Crippen LogP contribution is 2.19. The summed E-state index contributed by atoms with van der Waals surface area (Å²) in [4.78, 5) is 14.2. The number of hydrogen-bond donors (Lipinski definition) is 1. The van der Waals surface area contributed by atoms with Crippen LogP contribution in [-0.2, 0) is 0 Å².